The molecule has 2 rings (SSSR count). The fourth-order valence-electron chi connectivity index (χ4n) is 1.53. The summed E-state index contributed by atoms with van der Waals surface area (Å²) in [4.78, 5) is 14.7. The van der Waals surface area contributed by atoms with Gasteiger partial charge < -0.3 is 5.32 Å². The summed E-state index contributed by atoms with van der Waals surface area (Å²) in [6.45, 7) is 0. The molecule has 0 fully saturated rings. The molecule has 0 radical (unpaired) electrons. The van der Waals surface area contributed by atoms with Gasteiger partial charge in [-0.3, -0.25) is 10.1 Å². The van der Waals surface area contributed by atoms with E-state index in [0.717, 1.165) is 11.3 Å². The Morgan fingerprint density at radius 1 is 1.32 bits per heavy atom. The van der Waals surface area contributed by atoms with Crippen LogP contribution in [-0.2, 0) is 5.75 Å². The molecule has 5 nitrogen and oxygen atoms in total. The average Bonchev–Trinajstić information content (AvgIpc) is 2.45. The molecule has 2 aromatic rings. The van der Waals surface area contributed by atoms with Crippen LogP contribution in [0.5, 0.6) is 0 Å². The highest BCUT2D eigenvalue weighted by Gasteiger charge is 2.11. The van der Waals surface area contributed by atoms with Crippen molar-refractivity contribution < 1.29 is 4.92 Å². The molecular formula is C13H13N3O2S. The van der Waals surface area contributed by atoms with Crippen molar-refractivity contribution in [1.82, 2.24) is 4.98 Å². The molecule has 0 amide bonds. The van der Waals surface area contributed by atoms with E-state index in [2.05, 4.69) is 10.3 Å². The van der Waals surface area contributed by atoms with Gasteiger partial charge in [0.25, 0.3) is 5.69 Å². The highest BCUT2D eigenvalue weighted by Crippen LogP contribution is 2.26. The summed E-state index contributed by atoms with van der Waals surface area (Å²) in [5, 5.41) is 14.3. The Hall–Kier alpha value is -2.08. The van der Waals surface area contributed by atoms with E-state index in [4.69, 9.17) is 0 Å². The summed E-state index contributed by atoms with van der Waals surface area (Å²) in [5.74, 6) is 1.24. The minimum absolute atomic E-state index is 0.0508. The van der Waals surface area contributed by atoms with Crippen LogP contribution < -0.4 is 5.32 Å². The van der Waals surface area contributed by atoms with Crippen molar-refractivity contribution in [3.63, 3.8) is 0 Å². The fraction of sp³-hybridized carbons (Fsp3) is 0.154. The van der Waals surface area contributed by atoms with Crippen LogP contribution in [0.3, 0.4) is 0 Å². The number of thioether (sulfide) groups is 1. The van der Waals surface area contributed by atoms with Gasteiger partial charge in [0.15, 0.2) is 0 Å². The minimum Gasteiger partial charge on any atom is -0.373 e. The van der Waals surface area contributed by atoms with Crippen molar-refractivity contribution in [2.75, 3.05) is 12.4 Å². The first-order valence-electron chi connectivity index (χ1n) is 5.70. The van der Waals surface area contributed by atoms with Crippen molar-refractivity contribution in [2.24, 2.45) is 0 Å². The molecule has 0 aliphatic rings. The third kappa shape index (κ3) is 3.69. The van der Waals surface area contributed by atoms with E-state index in [0.29, 0.717) is 10.8 Å². The second-order valence-corrected chi connectivity index (χ2v) is 4.83. The quantitative estimate of drug-likeness (QED) is 0.515. The van der Waals surface area contributed by atoms with Crippen LogP contribution in [0.2, 0.25) is 0 Å². The van der Waals surface area contributed by atoms with Gasteiger partial charge in [-0.1, -0.05) is 30.3 Å². The minimum atomic E-state index is -0.408. The Kier molecular flexibility index (Phi) is 4.35. The normalized spacial score (nSPS) is 10.2. The molecule has 6 heteroatoms. The molecule has 0 spiro atoms. The molecule has 0 bridgehead atoms. The van der Waals surface area contributed by atoms with Crippen LogP contribution in [-0.4, -0.2) is 17.0 Å². The molecule has 0 aliphatic carbocycles. The van der Waals surface area contributed by atoms with Gasteiger partial charge >= 0.3 is 0 Å². The summed E-state index contributed by atoms with van der Waals surface area (Å²) < 4.78 is 0. The lowest BCUT2D eigenvalue weighted by molar-refractivity contribution is -0.385. The zero-order valence-electron chi connectivity index (χ0n) is 10.4. The van der Waals surface area contributed by atoms with Crippen molar-refractivity contribution >= 4 is 23.3 Å². The average molecular weight is 275 g/mol. The molecule has 0 saturated carbocycles. The molecular weight excluding hydrogens is 262 g/mol. The first-order chi connectivity index (χ1) is 9.19. The van der Waals surface area contributed by atoms with Gasteiger partial charge in [0.05, 0.1) is 11.0 Å². The van der Waals surface area contributed by atoms with Crippen LogP contribution in [0, 0.1) is 10.1 Å². The standard InChI is InChI=1S/C13H13N3O2S/c1-14-12-7-11(16(17)18)8-13(15-12)19-9-10-5-3-2-4-6-10/h2-8H,9H2,1H3,(H,14,15). The smallest absolute Gasteiger partial charge is 0.275 e. The van der Waals surface area contributed by atoms with E-state index >= 15 is 0 Å². The molecule has 19 heavy (non-hydrogen) atoms. The van der Waals surface area contributed by atoms with Crippen molar-refractivity contribution in [1.29, 1.82) is 0 Å². The Bertz CT molecular complexity index is 575. The summed E-state index contributed by atoms with van der Waals surface area (Å²) in [5.41, 5.74) is 1.21. The fourth-order valence-corrected chi connectivity index (χ4v) is 2.40. The van der Waals surface area contributed by atoms with E-state index in [1.807, 2.05) is 30.3 Å². The summed E-state index contributed by atoms with van der Waals surface area (Å²) >= 11 is 1.48. The number of benzene rings is 1. The first kappa shape index (κ1) is 13.4. The Morgan fingerprint density at radius 2 is 2.05 bits per heavy atom. The van der Waals surface area contributed by atoms with Gasteiger partial charge in [-0.2, -0.15) is 0 Å². The van der Waals surface area contributed by atoms with E-state index < -0.39 is 4.92 Å². The number of nitro groups is 1. The number of pyridine rings is 1. The van der Waals surface area contributed by atoms with Gasteiger partial charge in [-0.05, 0) is 5.56 Å². The topological polar surface area (TPSA) is 68.1 Å². The third-order valence-corrected chi connectivity index (χ3v) is 3.47. The molecule has 0 aliphatic heterocycles. The molecule has 1 heterocycles. The number of hydrogen-bond donors (Lipinski definition) is 1. The van der Waals surface area contributed by atoms with E-state index in [1.54, 1.807) is 7.05 Å². The SMILES string of the molecule is CNc1cc([N+](=O)[O-])cc(SCc2ccccc2)n1. The molecule has 1 N–H and O–H groups in total. The molecule has 0 saturated heterocycles. The number of anilines is 1. The number of rotatable bonds is 5. The maximum atomic E-state index is 10.8. The summed E-state index contributed by atoms with van der Waals surface area (Å²) in [7, 11) is 1.69. The lowest BCUT2D eigenvalue weighted by Crippen LogP contribution is -1.97. The zero-order chi connectivity index (χ0) is 13.7. The number of nitrogens with zero attached hydrogens (tertiary/aromatic N) is 2. The largest absolute Gasteiger partial charge is 0.373 e. The molecule has 1 aromatic heterocycles. The molecule has 98 valence electrons. The van der Waals surface area contributed by atoms with Gasteiger partial charge in [0, 0.05) is 18.9 Å². The summed E-state index contributed by atoms with van der Waals surface area (Å²) in [6.07, 6.45) is 0. The maximum absolute atomic E-state index is 10.8. The predicted octanol–water partition coefficient (Wildman–Crippen LogP) is 3.32. The van der Waals surface area contributed by atoms with Gasteiger partial charge in [-0.25, -0.2) is 4.98 Å². The van der Waals surface area contributed by atoms with Crippen molar-refractivity contribution in [2.45, 2.75) is 10.8 Å². The van der Waals surface area contributed by atoms with Crippen LogP contribution in [0.25, 0.3) is 0 Å². The first-order valence-corrected chi connectivity index (χ1v) is 6.68. The van der Waals surface area contributed by atoms with Gasteiger partial charge in [-0.15, -0.1) is 11.8 Å². The number of hydrogen-bond acceptors (Lipinski definition) is 5. The third-order valence-electron chi connectivity index (χ3n) is 2.48. The summed E-state index contributed by atoms with van der Waals surface area (Å²) in [6, 6.07) is 12.8. The van der Waals surface area contributed by atoms with Crippen molar-refractivity contribution in [3.8, 4) is 0 Å². The Balaban J connectivity index is 2.15. The predicted molar refractivity (Wildman–Crippen MR) is 76.4 cm³/mol. The zero-order valence-corrected chi connectivity index (χ0v) is 11.2. The second-order valence-electron chi connectivity index (χ2n) is 3.83. The molecule has 0 atom stereocenters. The van der Waals surface area contributed by atoms with E-state index in [1.165, 1.54) is 23.9 Å². The van der Waals surface area contributed by atoms with Crippen LogP contribution in [0.1, 0.15) is 5.56 Å². The highest BCUT2D eigenvalue weighted by molar-refractivity contribution is 7.98. The second kappa shape index (κ2) is 6.19. The monoisotopic (exact) mass is 275 g/mol. The van der Waals surface area contributed by atoms with E-state index in [9.17, 15) is 10.1 Å². The van der Waals surface area contributed by atoms with Crippen LogP contribution >= 0.6 is 11.8 Å². The number of aromatic nitrogens is 1. The molecule has 0 unspecified atom stereocenters. The van der Waals surface area contributed by atoms with Gasteiger partial charge in [0.2, 0.25) is 0 Å². The molecule has 1 aromatic carbocycles. The van der Waals surface area contributed by atoms with Crippen LogP contribution in [0.15, 0.2) is 47.5 Å². The van der Waals surface area contributed by atoms with Gasteiger partial charge in [0.1, 0.15) is 10.8 Å². The van der Waals surface area contributed by atoms with Crippen LogP contribution in [0.4, 0.5) is 11.5 Å². The Morgan fingerprint density at radius 3 is 2.68 bits per heavy atom. The van der Waals surface area contributed by atoms with E-state index in [-0.39, 0.29) is 5.69 Å². The lowest BCUT2D eigenvalue weighted by atomic mass is 10.2. The maximum Gasteiger partial charge on any atom is 0.275 e. The number of nitrogens with one attached hydrogen (secondary N) is 1. The van der Waals surface area contributed by atoms with Crippen molar-refractivity contribution in [3.05, 3.63) is 58.1 Å². The highest BCUT2D eigenvalue weighted by atomic mass is 32.2. The Labute approximate surface area is 115 Å². The lowest BCUT2D eigenvalue weighted by Gasteiger charge is -2.04.